The summed E-state index contributed by atoms with van der Waals surface area (Å²) in [4.78, 5) is 0. The van der Waals surface area contributed by atoms with Gasteiger partial charge < -0.3 is 0 Å². The summed E-state index contributed by atoms with van der Waals surface area (Å²) in [6.45, 7) is 0. The molecule has 20 heavy (non-hydrogen) atoms. The zero-order chi connectivity index (χ0) is 14.0. The second-order valence-electron chi connectivity index (χ2n) is 4.58. The number of rotatable bonds is 5. The van der Waals surface area contributed by atoms with Gasteiger partial charge in [0.1, 0.15) is 0 Å². The molecule has 0 bridgehead atoms. The van der Waals surface area contributed by atoms with Crippen molar-refractivity contribution in [3.63, 3.8) is 0 Å². The predicted octanol–water partition coefficient (Wildman–Crippen LogP) is 3.57. The third-order valence-electron chi connectivity index (χ3n) is 2.96. The van der Waals surface area contributed by atoms with Crippen LogP contribution in [0.1, 0.15) is 17.5 Å². The van der Waals surface area contributed by atoms with E-state index in [1.807, 2.05) is 48.5 Å². The summed E-state index contributed by atoms with van der Waals surface area (Å²) in [6, 6.07) is 20.3. The third kappa shape index (κ3) is 5.42. The minimum absolute atomic E-state index is 0.649. The Hall–Kier alpha value is -1.85. The molecule has 2 heteroatoms. The highest BCUT2D eigenvalue weighted by molar-refractivity contribution is 7.89. The van der Waals surface area contributed by atoms with E-state index in [0.717, 1.165) is 12.8 Å². The average Bonchev–Trinajstić information content (AvgIpc) is 2.49. The van der Waals surface area contributed by atoms with Crippen molar-refractivity contribution < 1.29 is 4.21 Å². The first kappa shape index (κ1) is 14.6. The fourth-order valence-electron chi connectivity index (χ4n) is 1.92. The van der Waals surface area contributed by atoms with Gasteiger partial charge in [0, 0.05) is 12.2 Å². The Balaban J connectivity index is 1.71. The standard InChI is InChI=1S/C18H18OS/c19-20(15-7-13-17-9-3-1-4-10-17)16-8-14-18-11-5-2-6-12-18/h1-6,9-12H,7,13-15H2. The van der Waals surface area contributed by atoms with Crippen molar-refractivity contribution in [2.75, 3.05) is 5.75 Å². The van der Waals surface area contributed by atoms with Crippen molar-refractivity contribution in [1.82, 2.24) is 0 Å². The Kier molecular flexibility index (Phi) is 6.07. The van der Waals surface area contributed by atoms with Gasteiger partial charge in [0.25, 0.3) is 0 Å². The highest BCUT2D eigenvalue weighted by Gasteiger charge is 1.96. The summed E-state index contributed by atoms with van der Waals surface area (Å²) in [5, 5.41) is 2.84. The summed E-state index contributed by atoms with van der Waals surface area (Å²) in [7, 11) is -1.03. The molecule has 0 amide bonds. The second-order valence-corrected chi connectivity index (χ2v) is 5.88. The first-order valence-corrected chi connectivity index (χ1v) is 8.11. The number of hydrogen-bond acceptors (Lipinski definition) is 1. The quantitative estimate of drug-likeness (QED) is 0.766. The van der Waals surface area contributed by atoms with Crippen LogP contribution in [0, 0.1) is 11.2 Å². The lowest BCUT2D eigenvalue weighted by atomic mass is 10.1. The Bertz CT molecular complexity index is 594. The van der Waals surface area contributed by atoms with E-state index < -0.39 is 10.8 Å². The van der Waals surface area contributed by atoms with Crippen LogP contribution in [-0.2, 0) is 23.6 Å². The van der Waals surface area contributed by atoms with Crippen molar-refractivity contribution in [3.8, 4) is 11.2 Å². The van der Waals surface area contributed by atoms with Gasteiger partial charge in [0.15, 0.2) is 0 Å². The lowest BCUT2D eigenvalue weighted by Crippen LogP contribution is -1.96. The minimum Gasteiger partial charge on any atom is -0.246 e. The van der Waals surface area contributed by atoms with Crippen LogP contribution in [-0.4, -0.2) is 9.96 Å². The van der Waals surface area contributed by atoms with Gasteiger partial charge in [-0.2, -0.15) is 0 Å². The normalized spacial score (nSPS) is 11.4. The minimum atomic E-state index is -1.03. The molecule has 0 saturated heterocycles. The first-order chi connectivity index (χ1) is 9.84. The number of benzene rings is 2. The summed E-state index contributed by atoms with van der Waals surface area (Å²) >= 11 is 0. The number of hydrogen-bond donors (Lipinski definition) is 0. The van der Waals surface area contributed by atoms with Gasteiger partial charge in [-0.25, -0.2) is 4.21 Å². The molecule has 0 radical (unpaired) electrons. The Labute approximate surface area is 123 Å². The zero-order valence-corrected chi connectivity index (χ0v) is 12.2. The molecule has 1 unspecified atom stereocenters. The lowest BCUT2D eigenvalue weighted by molar-refractivity contribution is 0.686. The average molecular weight is 282 g/mol. The maximum Gasteiger partial charge on any atom is 0.0974 e. The van der Waals surface area contributed by atoms with E-state index in [2.05, 4.69) is 23.3 Å². The van der Waals surface area contributed by atoms with Crippen molar-refractivity contribution in [2.24, 2.45) is 0 Å². The molecule has 0 heterocycles. The van der Waals surface area contributed by atoms with Gasteiger partial charge in [0.2, 0.25) is 0 Å². The van der Waals surface area contributed by atoms with Crippen LogP contribution in [0.4, 0.5) is 0 Å². The molecule has 2 aromatic rings. The van der Waals surface area contributed by atoms with E-state index in [9.17, 15) is 4.21 Å². The van der Waals surface area contributed by atoms with Crippen molar-refractivity contribution >= 4 is 10.8 Å². The van der Waals surface area contributed by atoms with Gasteiger partial charge in [-0.05, 0) is 29.2 Å². The topological polar surface area (TPSA) is 17.1 Å². The molecule has 1 nitrogen and oxygen atoms in total. The highest BCUT2D eigenvalue weighted by Crippen LogP contribution is 2.03. The Morgan fingerprint density at radius 3 is 2.10 bits per heavy atom. The van der Waals surface area contributed by atoms with Crippen molar-refractivity contribution in [2.45, 2.75) is 19.3 Å². The first-order valence-electron chi connectivity index (χ1n) is 6.79. The molecule has 0 saturated carbocycles. The fraction of sp³-hybridized carbons (Fsp3) is 0.222. The molecule has 0 aromatic heterocycles. The monoisotopic (exact) mass is 282 g/mol. The molecule has 1 atom stereocenters. The maximum atomic E-state index is 11.8. The maximum absolute atomic E-state index is 11.8. The van der Waals surface area contributed by atoms with Gasteiger partial charge >= 0.3 is 0 Å². The van der Waals surface area contributed by atoms with Crippen LogP contribution in [0.5, 0.6) is 0 Å². The molecular formula is C18H18OS. The summed E-state index contributed by atoms with van der Waals surface area (Å²) in [6.07, 6.45) is 2.55. The third-order valence-corrected chi connectivity index (χ3v) is 3.99. The molecule has 102 valence electrons. The Morgan fingerprint density at radius 2 is 1.45 bits per heavy atom. The van der Waals surface area contributed by atoms with Crippen molar-refractivity contribution in [1.29, 1.82) is 0 Å². The van der Waals surface area contributed by atoms with E-state index in [0.29, 0.717) is 12.2 Å². The van der Waals surface area contributed by atoms with Crippen LogP contribution in [0.15, 0.2) is 60.7 Å². The van der Waals surface area contributed by atoms with Crippen LogP contribution in [0.2, 0.25) is 0 Å². The SMILES string of the molecule is O=S(C#CCc1ccccc1)CCCc1ccccc1. The van der Waals surface area contributed by atoms with E-state index >= 15 is 0 Å². The van der Waals surface area contributed by atoms with Gasteiger partial charge in [-0.15, -0.1) is 0 Å². The van der Waals surface area contributed by atoms with Gasteiger partial charge in [0.05, 0.1) is 10.8 Å². The van der Waals surface area contributed by atoms with Gasteiger partial charge in [-0.3, -0.25) is 0 Å². The summed E-state index contributed by atoms with van der Waals surface area (Å²) < 4.78 is 11.8. The summed E-state index contributed by atoms with van der Waals surface area (Å²) in [5.74, 6) is 3.65. The molecular weight excluding hydrogens is 264 g/mol. The lowest BCUT2D eigenvalue weighted by Gasteiger charge is -1.98. The van der Waals surface area contributed by atoms with Crippen molar-refractivity contribution in [3.05, 3.63) is 71.8 Å². The van der Waals surface area contributed by atoms with Crippen LogP contribution in [0.3, 0.4) is 0 Å². The van der Waals surface area contributed by atoms with E-state index in [1.54, 1.807) is 0 Å². The molecule has 2 rings (SSSR count). The van der Waals surface area contributed by atoms with E-state index in [1.165, 1.54) is 11.1 Å². The van der Waals surface area contributed by atoms with E-state index in [4.69, 9.17) is 0 Å². The van der Waals surface area contributed by atoms with Crippen LogP contribution >= 0.6 is 0 Å². The molecule has 0 fully saturated rings. The Morgan fingerprint density at radius 1 is 0.850 bits per heavy atom. The van der Waals surface area contributed by atoms with E-state index in [-0.39, 0.29) is 0 Å². The second kappa shape index (κ2) is 8.35. The van der Waals surface area contributed by atoms with Crippen LogP contribution in [0.25, 0.3) is 0 Å². The molecule has 0 N–H and O–H groups in total. The molecule has 2 aromatic carbocycles. The predicted molar refractivity (Wildman–Crippen MR) is 85.7 cm³/mol. The highest BCUT2D eigenvalue weighted by atomic mass is 32.2. The molecule has 0 spiro atoms. The van der Waals surface area contributed by atoms with Gasteiger partial charge in [-0.1, -0.05) is 66.6 Å². The zero-order valence-electron chi connectivity index (χ0n) is 11.4. The largest absolute Gasteiger partial charge is 0.246 e. The molecule has 0 aliphatic carbocycles. The summed E-state index contributed by atoms with van der Waals surface area (Å²) in [5.41, 5.74) is 2.46. The number of aryl methyl sites for hydroxylation is 1. The fourth-order valence-corrected chi connectivity index (χ4v) is 2.66. The molecule has 0 aliphatic heterocycles. The molecule has 0 aliphatic rings. The van der Waals surface area contributed by atoms with Crippen LogP contribution < -0.4 is 0 Å². The smallest absolute Gasteiger partial charge is 0.0974 e.